The van der Waals surface area contributed by atoms with Crippen molar-refractivity contribution in [1.29, 1.82) is 0 Å². The van der Waals surface area contributed by atoms with Gasteiger partial charge in [-0.25, -0.2) is 8.42 Å². The Morgan fingerprint density at radius 2 is 1.84 bits per heavy atom. The Balaban J connectivity index is 1.48. The van der Waals surface area contributed by atoms with Crippen molar-refractivity contribution in [3.63, 3.8) is 0 Å². The first-order valence-corrected chi connectivity index (χ1v) is 12.4. The number of aromatic nitrogens is 2. The lowest BCUT2D eigenvalue weighted by molar-refractivity contribution is 0.102. The van der Waals surface area contributed by atoms with Gasteiger partial charge in [0.25, 0.3) is 5.91 Å². The zero-order valence-corrected chi connectivity index (χ0v) is 19.0. The molecule has 3 aromatic rings. The molecule has 31 heavy (non-hydrogen) atoms. The summed E-state index contributed by atoms with van der Waals surface area (Å²) in [4.78, 5) is 12.9. The average Bonchev–Trinajstić information content (AvgIpc) is 3.26. The quantitative estimate of drug-likeness (QED) is 0.627. The Hall–Kier alpha value is -2.62. The Morgan fingerprint density at radius 3 is 2.58 bits per heavy atom. The molecule has 0 unspecified atom stereocenters. The summed E-state index contributed by atoms with van der Waals surface area (Å²) >= 11 is 1.23. The van der Waals surface area contributed by atoms with Gasteiger partial charge in [0, 0.05) is 24.7 Å². The van der Waals surface area contributed by atoms with E-state index < -0.39 is 10.0 Å². The van der Waals surface area contributed by atoms with E-state index in [-0.39, 0.29) is 16.8 Å². The summed E-state index contributed by atoms with van der Waals surface area (Å²) in [6.45, 7) is 4.66. The minimum absolute atomic E-state index is 0.0773. The first-order valence-electron chi connectivity index (χ1n) is 10.1. The highest BCUT2D eigenvalue weighted by Crippen LogP contribution is 2.32. The topological polar surface area (TPSA) is 92.3 Å². The van der Waals surface area contributed by atoms with Crippen LogP contribution in [0.25, 0.3) is 0 Å². The van der Waals surface area contributed by atoms with Crippen LogP contribution in [0.5, 0.6) is 0 Å². The molecule has 0 bridgehead atoms. The normalized spacial score (nSPS) is 17.4. The maximum absolute atomic E-state index is 13.1. The average molecular weight is 457 g/mol. The summed E-state index contributed by atoms with van der Waals surface area (Å²) in [5.41, 5.74) is 2.71. The lowest BCUT2D eigenvalue weighted by Crippen LogP contribution is -2.39. The van der Waals surface area contributed by atoms with Gasteiger partial charge in [-0.15, -0.1) is 10.2 Å². The molecule has 1 N–H and O–H groups in total. The second-order valence-corrected chi connectivity index (χ2v) is 10.7. The van der Waals surface area contributed by atoms with E-state index >= 15 is 0 Å². The molecule has 1 atom stereocenters. The van der Waals surface area contributed by atoms with Crippen LogP contribution in [0.3, 0.4) is 0 Å². The second-order valence-electron chi connectivity index (χ2n) is 7.73. The van der Waals surface area contributed by atoms with Crippen molar-refractivity contribution < 1.29 is 13.2 Å². The van der Waals surface area contributed by atoms with Gasteiger partial charge < -0.3 is 5.32 Å². The zero-order valence-electron chi connectivity index (χ0n) is 17.4. The summed E-state index contributed by atoms with van der Waals surface area (Å²) in [6.07, 6.45) is 1.55. The molecule has 1 aliphatic rings. The molecule has 1 amide bonds. The number of hydrogen-bond acceptors (Lipinski definition) is 6. The molecule has 1 saturated heterocycles. The SMILES string of the molecule is Cc1ccc(S(=O)(=O)N2CCC[C@@H](c3nnc(C(=O)Nc4ccccc4C)s3)C2)cc1. The van der Waals surface area contributed by atoms with Gasteiger partial charge in [-0.3, -0.25) is 4.79 Å². The highest BCUT2D eigenvalue weighted by molar-refractivity contribution is 7.89. The molecule has 1 aliphatic heterocycles. The number of carbonyl (C=O) groups excluding carboxylic acids is 1. The minimum atomic E-state index is -3.56. The predicted molar refractivity (Wildman–Crippen MR) is 121 cm³/mol. The lowest BCUT2D eigenvalue weighted by atomic mass is 10.0. The van der Waals surface area contributed by atoms with Gasteiger partial charge in [0.15, 0.2) is 0 Å². The highest BCUT2D eigenvalue weighted by atomic mass is 32.2. The largest absolute Gasteiger partial charge is 0.320 e. The molecule has 0 spiro atoms. The van der Waals surface area contributed by atoms with Crippen molar-refractivity contribution in [1.82, 2.24) is 14.5 Å². The summed E-state index contributed by atoms with van der Waals surface area (Å²) in [6, 6.07) is 14.4. The molecular formula is C22H24N4O3S2. The molecule has 0 aliphatic carbocycles. The van der Waals surface area contributed by atoms with Crippen LogP contribution in [-0.2, 0) is 10.0 Å². The zero-order chi connectivity index (χ0) is 22.0. The Morgan fingerprint density at radius 1 is 1.10 bits per heavy atom. The van der Waals surface area contributed by atoms with Crippen LogP contribution in [0, 0.1) is 13.8 Å². The number of nitrogens with one attached hydrogen (secondary N) is 1. The number of piperidine rings is 1. The maximum Gasteiger partial charge on any atom is 0.286 e. The first-order chi connectivity index (χ1) is 14.8. The number of nitrogens with zero attached hydrogens (tertiary/aromatic N) is 3. The summed E-state index contributed by atoms with van der Waals surface area (Å²) in [5.74, 6) is -0.385. The summed E-state index contributed by atoms with van der Waals surface area (Å²) in [7, 11) is -3.56. The molecule has 1 aromatic heterocycles. The van der Waals surface area contributed by atoms with Crippen molar-refractivity contribution in [2.45, 2.75) is 37.5 Å². The molecule has 162 valence electrons. The van der Waals surface area contributed by atoms with E-state index in [1.54, 1.807) is 24.3 Å². The van der Waals surface area contributed by atoms with E-state index in [9.17, 15) is 13.2 Å². The van der Waals surface area contributed by atoms with Crippen LogP contribution in [0.2, 0.25) is 0 Å². The number of sulfonamides is 1. The molecule has 0 saturated carbocycles. The van der Waals surface area contributed by atoms with Gasteiger partial charge in [0.05, 0.1) is 4.90 Å². The molecule has 2 aromatic carbocycles. The first kappa shape index (κ1) is 21.6. The number of amides is 1. The van der Waals surface area contributed by atoms with Gasteiger partial charge in [-0.2, -0.15) is 4.31 Å². The number of aryl methyl sites for hydroxylation is 2. The highest BCUT2D eigenvalue weighted by Gasteiger charge is 2.32. The van der Waals surface area contributed by atoms with Gasteiger partial charge in [0.2, 0.25) is 15.0 Å². The summed E-state index contributed by atoms with van der Waals surface area (Å²) < 4.78 is 27.6. The smallest absolute Gasteiger partial charge is 0.286 e. The monoisotopic (exact) mass is 456 g/mol. The number of hydrogen-bond donors (Lipinski definition) is 1. The van der Waals surface area contributed by atoms with E-state index in [0.29, 0.717) is 23.0 Å². The van der Waals surface area contributed by atoms with Crippen molar-refractivity contribution in [3.8, 4) is 0 Å². The third kappa shape index (κ3) is 4.68. The maximum atomic E-state index is 13.1. The molecular weight excluding hydrogens is 432 g/mol. The molecule has 2 heterocycles. The Bertz CT molecular complexity index is 1190. The van der Waals surface area contributed by atoms with Crippen LogP contribution in [0.1, 0.15) is 44.7 Å². The van der Waals surface area contributed by atoms with Crippen LogP contribution >= 0.6 is 11.3 Å². The number of benzene rings is 2. The molecule has 0 radical (unpaired) electrons. The van der Waals surface area contributed by atoms with Crippen LogP contribution in [0.15, 0.2) is 53.4 Å². The van der Waals surface area contributed by atoms with Gasteiger partial charge in [-0.05, 0) is 50.5 Å². The van der Waals surface area contributed by atoms with Crippen LogP contribution < -0.4 is 5.32 Å². The summed E-state index contributed by atoms with van der Waals surface area (Å²) in [5, 5.41) is 12.1. The number of anilines is 1. The molecule has 1 fully saturated rings. The van der Waals surface area contributed by atoms with Crippen molar-refractivity contribution >= 4 is 33.0 Å². The molecule has 4 rings (SSSR count). The molecule has 9 heteroatoms. The second kappa shape index (κ2) is 8.86. The van der Waals surface area contributed by atoms with E-state index in [1.165, 1.54) is 15.6 Å². The molecule has 7 nitrogen and oxygen atoms in total. The lowest BCUT2D eigenvalue weighted by Gasteiger charge is -2.30. The van der Waals surface area contributed by atoms with Crippen LogP contribution in [0.4, 0.5) is 5.69 Å². The Labute approximate surface area is 186 Å². The third-order valence-electron chi connectivity index (χ3n) is 5.42. The number of rotatable bonds is 5. The third-order valence-corrected chi connectivity index (χ3v) is 8.38. The number of para-hydroxylation sites is 1. The van der Waals surface area contributed by atoms with E-state index in [2.05, 4.69) is 15.5 Å². The van der Waals surface area contributed by atoms with Crippen LogP contribution in [-0.4, -0.2) is 41.9 Å². The fourth-order valence-corrected chi connectivity index (χ4v) is 5.99. The van der Waals surface area contributed by atoms with E-state index in [4.69, 9.17) is 0 Å². The standard InChI is InChI=1S/C22H24N4O3S2/c1-15-9-11-18(12-10-15)31(28,29)26-13-5-7-17(14-26)21-24-25-22(30-21)20(27)23-19-8-4-3-6-16(19)2/h3-4,6,8-12,17H,5,7,13-14H2,1-2H3,(H,23,27)/t17-/m1/s1. The van der Waals surface area contributed by atoms with Crippen molar-refractivity contribution in [2.75, 3.05) is 18.4 Å². The van der Waals surface area contributed by atoms with E-state index in [0.717, 1.165) is 29.7 Å². The number of carbonyl (C=O) groups is 1. The fourth-order valence-electron chi connectivity index (χ4n) is 3.60. The van der Waals surface area contributed by atoms with E-state index in [1.807, 2.05) is 38.1 Å². The van der Waals surface area contributed by atoms with Crippen molar-refractivity contribution in [2.24, 2.45) is 0 Å². The van der Waals surface area contributed by atoms with Gasteiger partial charge >= 0.3 is 0 Å². The van der Waals surface area contributed by atoms with Gasteiger partial charge in [0.1, 0.15) is 5.01 Å². The Kier molecular flexibility index (Phi) is 6.17. The van der Waals surface area contributed by atoms with Crippen molar-refractivity contribution in [3.05, 3.63) is 69.7 Å². The fraction of sp³-hybridized carbons (Fsp3) is 0.318. The van der Waals surface area contributed by atoms with Gasteiger partial charge in [-0.1, -0.05) is 47.2 Å². The predicted octanol–water partition coefficient (Wildman–Crippen LogP) is 3.98. The minimum Gasteiger partial charge on any atom is -0.320 e.